The van der Waals surface area contributed by atoms with Crippen LogP contribution >= 0.6 is 11.6 Å². The average Bonchev–Trinajstić information content (AvgIpc) is 2.47. The maximum atomic E-state index is 12.0. The minimum Gasteiger partial charge on any atom is -0.496 e. The number of alkyl carbamates (subject to hydrolysis) is 1. The summed E-state index contributed by atoms with van der Waals surface area (Å²) in [7, 11) is 1.66. The SMILES string of the molecule is CCCc1cc(OC)c(CC(CC)NC(=O)OC(C)(C)C)cc1Cl. The van der Waals surface area contributed by atoms with Crippen molar-refractivity contribution >= 4 is 17.7 Å². The van der Waals surface area contributed by atoms with E-state index in [1.165, 1.54) is 0 Å². The molecule has 24 heavy (non-hydrogen) atoms. The second-order valence-electron chi connectivity index (χ2n) is 6.96. The van der Waals surface area contributed by atoms with Crippen LogP contribution in [-0.2, 0) is 17.6 Å². The number of carbonyl (C=O) groups excluding carboxylic acids is 1. The zero-order valence-electron chi connectivity index (χ0n) is 15.7. The van der Waals surface area contributed by atoms with Crippen molar-refractivity contribution in [3.63, 3.8) is 0 Å². The van der Waals surface area contributed by atoms with Crippen LogP contribution in [0.5, 0.6) is 5.75 Å². The predicted octanol–water partition coefficient (Wildman–Crippen LogP) is 5.15. The lowest BCUT2D eigenvalue weighted by Gasteiger charge is -2.23. The van der Waals surface area contributed by atoms with E-state index in [0.29, 0.717) is 6.42 Å². The Labute approximate surface area is 150 Å². The fourth-order valence-electron chi connectivity index (χ4n) is 2.48. The molecule has 0 bridgehead atoms. The van der Waals surface area contributed by atoms with Crippen molar-refractivity contribution in [3.8, 4) is 5.75 Å². The second-order valence-corrected chi connectivity index (χ2v) is 7.37. The van der Waals surface area contributed by atoms with E-state index in [0.717, 1.165) is 41.2 Å². The number of rotatable bonds is 7. The topological polar surface area (TPSA) is 47.6 Å². The van der Waals surface area contributed by atoms with E-state index >= 15 is 0 Å². The molecule has 1 atom stereocenters. The van der Waals surface area contributed by atoms with Crippen molar-refractivity contribution in [1.82, 2.24) is 5.32 Å². The number of halogens is 1. The third-order valence-electron chi connectivity index (χ3n) is 3.65. The summed E-state index contributed by atoms with van der Waals surface area (Å²) in [5.41, 5.74) is 1.57. The third-order valence-corrected chi connectivity index (χ3v) is 4.00. The van der Waals surface area contributed by atoms with Crippen molar-refractivity contribution in [2.75, 3.05) is 7.11 Å². The summed E-state index contributed by atoms with van der Waals surface area (Å²) in [5.74, 6) is 0.812. The molecule has 5 heteroatoms. The smallest absolute Gasteiger partial charge is 0.407 e. The fraction of sp³-hybridized carbons (Fsp3) is 0.632. The molecule has 1 N–H and O–H groups in total. The molecule has 0 aliphatic rings. The highest BCUT2D eigenvalue weighted by atomic mass is 35.5. The first kappa shape index (κ1) is 20.6. The van der Waals surface area contributed by atoms with Crippen LogP contribution in [0.4, 0.5) is 4.79 Å². The third kappa shape index (κ3) is 6.60. The van der Waals surface area contributed by atoms with Crippen LogP contribution in [0.3, 0.4) is 0 Å². The van der Waals surface area contributed by atoms with Gasteiger partial charge in [-0.05, 0) is 63.3 Å². The molecule has 136 valence electrons. The lowest BCUT2D eigenvalue weighted by Crippen LogP contribution is -2.40. The van der Waals surface area contributed by atoms with Crippen molar-refractivity contribution in [1.29, 1.82) is 0 Å². The Balaban J connectivity index is 2.88. The van der Waals surface area contributed by atoms with Gasteiger partial charge >= 0.3 is 6.09 Å². The molecule has 1 rings (SSSR count). The Morgan fingerprint density at radius 2 is 1.92 bits per heavy atom. The van der Waals surface area contributed by atoms with Gasteiger partial charge < -0.3 is 14.8 Å². The first-order valence-corrected chi connectivity index (χ1v) is 8.92. The van der Waals surface area contributed by atoms with E-state index in [2.05, 4.69) is 12.2 Å². The fourth-order valence-corrected chi connectivity index (χ4v) is 2.77. The quantitative estimate of drug-likeness (QED) is 0.736. The second kappa shape index (κ2) is 9.16. The first-order valence-electron chi connectivity index (χ1n) is 8.54. The van der Waals surface area contributed by atoms with Gasteiger partial charge in [-0.3, -0.25) is 0 Å². The van der Waals surface area contributed by atoms with Gasteiger partial charge in [0.15, 0.2) is 0 Å². The molecule has 0 spiro atoms. The molecule has 0 fully saturated rings. The summed E-state index contributed by atoms with van der Waals surface area (Å²) in [6.07, 6.45) is 2.98. The number of nitrogens with one attached hydrogen (secondary N) is 1. The van der Waals surface area contributed by atoms with E-state index in [4.69, 9.17) is 21.1 Å². The lowest BCUT2D eigenvalue weighted by atomic mass is 10.00. The molecular weight excluding hydrogens is 326 g/mol. The number of hydrogen-bond donors (Lipinski definition) is 1. The highest BCUT2D eigenvalue weighted by Crippen LogP contribution is 2.29. The number of hydrogen-bond acceptors (Lipinski definition) is 3. The Hall–Kier alpha value is -1.42. The monoisotopic (exact) mass is 355 g/mol. The Morgan fingerprint density at radius 1 is 1.25 bits per heavy atom. The van der Waals surface area contributed by atoms with Crippen molar-refractivity contribution in [3.05, 3.63) is 28.3 Å². The van der Waals surface area contributed by atoms with E-state index < -0.39 is 11.7 Å². The molecule has 0 aliphatic heterocycles. The molecule has 0 heterocycles. The number of carbonyl (C=O) groups is 1. The number of methoxy groups -OCH3 is 1. The highest BCUT2D eigenvalue weighted by Gasteiger charge is 2.20. The minimum atomic E-state index is -0.509. The maximum Gasteiger partial charge on any atom is 0.407 e. The van der Waals surface area contributed by atoms with Crippen LogP contribution in [0, 0.1) is 0 Å². The van der Waals surface area contributed by atoms with E-state index in [9.17, 15) is 4.79 Å². The number of amides is 1. The standard InChI is InChI=1S/C19H30ClNO3/c1-7-9-13-12-17(23-6)14(11-16(13)20)10-15(8-2)21-18(22)24-19(3,4)5/h11-12,15H,7-10H2,1-6H3,(H,21,22). The molecule has 1 unspecified atom stereocenters. The molecule has 0 aromatic heterocycles. The molecule has 1 aromatic rings. The van der Waals surface area contributed by atoms with Gasteiger partial charge in [0.25, 0.3) is 0 Å². The van der Waals surface area contributed by atoms with Gasteiger partial charge in [-0.25, -0.2) is 4.79 Å². The van der Waals surface area contributed by atoms with E-state index in [1.54, 1.807) is 7.11 Å². The summed E-state index contributed by atoms with van der Waals surface area (Å²) in [4.78, 5) is 12.0. The van der Waals surface area contributed by atoms with Gasteiger partial charge in [0, 0.05) is 11.1 Å². The summed E-state index contributed by atoms with van der Waals surface area (Å²) in [6, 6.07) is 3.91. The van der Waals surface area contributed by atoms with Gasteiger partial charge in [0.05, 0.1) is 7.11 Å². The number of benzene rings is 1. The summed E-state index contributed by atoms with van der Waals surface area (Å²) in [5, 5.41) is 3.67. The normalized spacial score (nSPS) is 12.6. The van der Waals surface area contributed by atoms with Crippen molar-refractivity contribution in [2.45, 2.75) is 71.9 Å². The van der Waals surface area contributed by atoms with Gasteiger partial charge in [-0.1, -0.05) is 31.9 Å². The van der Waals surface area contributed by atoms with Gasteiger partial charge in [0.1, 0.15) is 11.4 Å². The van der Waals surface area contributed by atoms with Crippen molar-refractivity contribution < 1.29 is 14.3 Å². The summed E-state index contributed by atoms with van der Waals surface area (Å²) in [6.45, 7) is 9.70. The van der Waals surface area contributed by atoms with Crippen LogP contribution in [-0.4, -0.2) is 24.8 Å². The largest absolute Gasteiger partial charge is 0.496 e. The average molecular weight is 356 g/mol. The molecule has 0 saturated carbocycles. The first-order chi connectivity index (χ1) is 11.2. The zero-order valence-corrected chi connectivity index (χ0v) is 16.4. The van der Waals surface area contributed by atoms with E-state index in [-0.39, 0.29) is 6.04 Å². The molecule has 0 aliphatic carbocycles. The Morgan fingerprint density at radius 3 is 2.42 bits per heavy atom. The van der Waals surface area contributed by atoms with Crippen LogP contribution in [0.1, 0.15) is 58.6 Å². The molecule has 4 nitrogen and oxygen atoms in total. The van der Waals surface area contributed by atoms with Crippen molar-refractivity contribution in [2.24, 2.45) is 0 Å². The van der Waals surface area contributed by atoms with E-state index in [1.807, 2.05) is 39.8 Å². The summed E-state index contributed by atoms with van der Waals surface area (Å²) < 4.78 is 10.8. The Bertz CT molecular complexity index is 552. The molecule has 1 aromatic carbocycles. The van der Waals surface area contributed by atoms with Gasteiger partial charge in [0.2, 0.25) is 0 Å². The number of aryl methyl sites for hydroxylation is 1. The number of ether oxygens (including phenoxy) is 2. The molecule has 0 saturated heterocycles. The predicted molar refractivity (Wildman–Crippen MR) is 99.2 cm³/mol. The Kier molecular flexibility index (Phi) is 7.88. The molecule has 1 amide bonds. The highest BCUT2D eigenvalue weighted by molar-refractivity contribution is 6.31. The zero-order chi connectivity index (χ0) is 18.3. The van der Waals surface area contributed by atoms with Gasteiger partial charge in [-0.2, -0.15) is 0 Å². The molecule has 0 radical (unpaired) electrons. The van der Waals surface area contributed by atoms with Crippen LogP contribution in [0.25, 0.3) is 0 Å². The maximum absolute atomic E-state index is 12.0. The summed E-state index contributed by atoms with van der Waals surface area (Å²) >= 11 is 6.39. The molecular formula is C19H30ClNO3. The minimum absolute atomic E-state index is 0.0400. The van der Waals surface area contributed by atoms with Crippen LogP contribution in [0.15, 0.2) is 12.1 Å². The van der Waals surface area contributed by atoms with Gasteiger partial charge in [-0.15, -0.1) is 0 Å². The van der Waals surface area contributed by atoms with Crippen LogP contribution < -0.4 is 10.1 Å². The van der Waals surface area contributed by atoms with Crippen LogP contribution in [0.2, 0.25) is 5.02 Å². The lowest BCUT2D eigenvalue weighted by molar-refractivity contribution is 0.0502.